The number of piperidine rings is 1. The lowest BCUT2D eigenvalue weighted by molar-refractivity contribution is -0.129. The van der Waals surface area contributed by atoms with E-state index in [4.69, 9.17) is 9.97 Å². The van der Waals surface area contributed by atoms with Crippen molar-refractivity contribution < 1.29 is 13.2 Å². The van der Waals surface area contributed by atoms with Gasteiger partial charge in [0, 0.05) is 51.5 Å². The summed E-state index contributed by atoms with van der Waals surface area (Å²) in [4.78, 5) is 23.5. The normalized spacial score (nSPS) is 18.1. The van der Waals surface area contributed by atoms with E-state index >= 15 is 0 Å². The van der Waals surface area contributed by atoms with Crippen LogP contribution in [0.1, 0.15) is 42.8 Å². The van der Waals surface area contributed by atoms with Crippen LogP contribution in [0.15, 0.2) is 35.2 Å². The minimum absolute atomic E-state index is 0.0544. The number of hydrogen-bond donors (Lipinski definition) is 1. The number of hydrogen-bond acceptors (Lipinski definition) is 6. The zero-order valence-electron chi connectivity index (χ0n) is 17.3. The van der Waals surface area contributed by atoms with Crippen LogP contribution in [0.5, 0.6) is 0 Å². The molecule has 8 nitrogen and oxygen atoms in total. The molecule has 0 spiro atoms. The van der Waals surface area contributed by atoms with Crippen molar-refractivity contribution in [2.24, 2.45) is 0 Å². The van der Waals surface area contributed by atoms with Gasteiger partial charge in [0.15, 0.2) is 0 Å². The maximum Gasteiger partial charge on any atom is 0.243 e. The fraction of sp³-hybridized carbons (Fsp3) is 0.476. The van der Waals surface area contributed by atoms with E-state index in [-0.39, 0.29) is 11.8 Å². The van der Waals surface area contributed by atoms with Gasteiger partial charge in [-0.25, -0.2) is 18.4 Å². The molecule has 1 fully saturated rings. The Morgan fingerprint density at radius 2 is 1.80 bits per heavy atom. The average molecular weight is 430 g/mol. The summed E-state index contributed by atoms with van der Waals surface area (Å²) in [6, 6.07) is 8.57. The third-order valence-corrected chi connectivity index (χ3v) is 7.87. The summed E-state index contributed by atoms with van der Waals surface area (Å²) >= 11 is 0. The second-order valence-electron chi connectivity index (χ2n) is 7.79. The third-order valence-electron chi connectivity index (χ3n) is 5.96. The van der Waals surface area contributed by atoms with Gasteiger partial charge in [-0.3, -0.25) is 4.79 Å². The number of nitrogens with zero attached hydrogens (tertiary/aromatic N) is 4. The van der Waals surface area contributed by atoms with Gasteiger partial charge in [0.25, 0.3) is 0 Å². The first-order chi connectivity index (χ1) is 14.4. The predicted octanol–water partition coefficient (Wildman–Crippen LogP) is 1.99. The number of carbonyl (C=O) groups excluding carboxylic acids is 1. The molecule has 2 aliphatic rings. The van der Waals surface area contributed by atoms with Gasteiger partial charge >= 0.3 is 0 Å². The molecule has 2 aliphatic heterocycles. The van der Waals surface area contributed by atoms with Crippen LogP contribution in [-0.2, 0) is 27.8 Å². The molecule has 2 aromatic rings. The topological polar surface area (TPSA) is 95.5 Å². The van der Waals surface area contributed by atoms with Gasteiger partial charge in [-0.2, -0.15) is 4.31 Å². The molecule has 160 valence electrons. The van der Waals surface area contributed by atoms with Gasteiger partial charge in [-0.15, -0.1) is 0 Å². The Morgan fingerprint density at radius 1 is 1.10 bits per heavy atom. The maximum absolute atomic E-state index is 12.9. The number of fused-ring (bicyclic) bond motifs is 1. The Hall–Kier alpha value is -2.52. The van der Waals surface area contributed by atoms with Crippen molar-refractivity contribution in [2.75, 3.05) is 32.0 Å². The fourth-order valence-electron chi connectivity index (χ4n) is 4.19. The highest BCUT2D eigenvalue weighted by Crippen LogP contribution is 2.32. The number of aromatic nitrogens is 2. The first kappa shape index (κ1) is 20.7. The summed E-state index contributed by atoms with van der Waals surface area (Å²) < 4.78 is 27.3. The molecule has 1 amide bonds. The highest BCUT2D eigenvalue weighted by molar-refractivity contribution is 7.89. The van der Waals surface area contributed by atoms with E-state index < -0.39 is 10.0 Å². The second kappa shape index (κ2) is 8.31. The van der Waals surface area contributed by atoms with Gasteiger partial charge < -0.3 is 10.2 Å². The van der Waals surface area contributed by atoms with E-state index in [2.05, 4.69) is 5.32 Å². The van der Waals surface area contributed by atoms with Gasteiger partial charge in [-0.05, 0) is 25.0 Å². The molecule has 1 aromatic carbocycles. The van der Waals surface area contributed by atoms with Crippen molar-refractivity contribution in [3.05, 3.63) is 47.4 Å². The number of amides is 1. The lowest BCUT2D eigenvalue weighted by atomic mass is 9.96. The fourth-order valence-corrected chi connectivity index (χ4v) is 5.68. The SMILES string of the molecule is CNc1nc(C2CCN(S(=O)(=O)c3ccccc3)CC2)nc2c1CN(C(C)=O)CC2. The maximum atomic E-state index is 12.9. The molecule has 0 saturated carbocycles. The van der Waals surface area contributed by atoms with Crippen molar-refractivity contribution in [3.8, 4) is 0 Å². The number of nitrogens with one attached hydrogen (secondary N) is 1. The smallest absolute Gasteiger partial charge is 0.243 e. The molecule has 0 atom stereocenters. The summed E-state index contributed by atoms with van der Waals surface area (Å²) in [5.41, 5.74) is 1.97. The first-order valence-electron chi connectivity index (χ1n) is 10.3. The van der Waals surface area contributed by atoms with Crippen LogP contribution in [0.25, 0.3) is 0 Å². The highest BCUT2D eigenvalue weighted by atomic mass is 32.2. The van der Waals surface area contributed by atoms with Crippen LogP contribution < -0.4 is 5.32 Å². The molecule has 0 radical (unpaired) electrons. The molecule has 1 aromatic heterocycles. The first-order valence-corrected chi connectivity index (χ1v) is 11.7. The molecule has 0 unspecified atom stereocenters. The van der Waals surface area contributed by atoms with E-state index in [1.54, 1.807) is 40.4 Å². The van der Waals surface area contributed by atoms with E-state index in [0.717, 1.165) is 22.9 Å². The Labute approximate surface area is 177 Å². The zero-order valence-corrected chi connectivity index (χ0v) is 18.2. The summed E-state index contributed by atoms with van der Waals surface area (Å²) in [6.07, 6.45) is 2.08. The Bertz CT molecular complexity index is 1020. The molecule has 4 rings (SSSR count). The number of rotatable bonds is 4. The summed E-state index contributed by atoms with van der Waals surface area (Å²) in [6.45, 7) is 3.67. The lowest BCUT2D eigenvalue weighted by Gasteiger charge is -2.32. The molecule has 3 heterocycles. The third kappa shape index (κ3) is 3.91. The predicted molar refractivity (Wildman–Crippen MR) is 114 cm³/mol. The quantitative estimate of drug-likeness (QED) is 0.799. The summed E-state index contributed by atoms with van der Waals surface area (Å²) in [7, 11) is -1.64. The van der Waals surface area contributed by atoms with Crippen molar-refractivity contribution >= 4 is 21.7 Å². The van der Waals surface area contributed by atoms with E-state index in [1.807, 2.05) is 13.1 Å². The number of benzene rings is 1. The van der Waals surface area contributed by atoms with E-state index in [0.29, 0.717) is 50.3 Å². The van der Waals surface area contributed by atoms with E-state index in [9.17, 15) is 13.2 Å². The van der Waals surface area contributed by atoms with Crippen LogP contribution in [0.3, 0.4) is 0 Å². The minimum atomic E-state index is -3.47. The van der Waals surface area contributed by atoms with Crippen LogP contribution in [0.2, 0.25) is 0 Å². The number of anilines is 1. The van der Waals surface area contributed by atoms with Crippen molar-refractivity contribution in [1.82, 2.24) is 19.2 Å². The zero-order chi connectivity index (χ0) is 21.3. The Kier molecular flexibility index (Phi) is 5.75. The number of carbonyl (C=O) groups is 1. The minimum Gasteiger partial charge on any atom is -0.373 e. The highest BCUT2D eigenvalue weighted by Gasteiger charge is 2.32. The molecular formula is C21H27N5O3S. The average Bonchev–Trinajstić information content (AvgIpc) is 2.78. The van der Waals surface area contributed by atoms with Crippen LogP contribution in [0, 0.1) is 0 Å². The number of sulfonamides is 1. The van der Waals surface area contributed by atoms with Crippen molar-refractivity contribution in [1.29, 1.82) is 0 Å². The Morgan fingerprint density at radius 3 is 2.43 bits per heavy atom. The van der Waals surface area contributed by atoms with Gasteiger partial charge in [0.1, 0.15) is 11.6 Å². The summed E-state index contributed by atoms with van der Waals surface area (Å²) in [5, 5.41) is 3.15. The van der Waals surface area contributed by atoms with Crippen molar-refractivity contribution in [2.45, 2.75) is 43.5 Å². The summed E-state index contributed by atoms with van der Waals surface area (Å²) in [5.74, 6) is 1.71. The monoisotopic (exact) mass is 429 g/mol. The van der Waals surface area contributed by atoms with Gasteiger partial charge in [-0.1, -0.05) is 18.2 Å². The van der Waals surface area contributed by atoms with Crippen molar-refractivity contribution in [3.63, 3.8) is 0 Å². The Balaban J connectivity index is 1.51. The largest absolute Gasteiger partial charge is 0.373 e. The molecular weight excluding hydrogens is 402 g/mol. The van der Waals surface area contributed by atoms with Crippen LogP contribution in [-0.4, -0.2) is 60.2 Å². The van der Waals surface area contributed by atoms with E-state index in [1.165, 1.54) is 0 Å². The molecule has 9 heteroatoms. The molecule has 1 saturated heterocycles. The second-order valence-corrected chi connectivity index (χ2v) is 9.73. The molecule has 0 aliphatic carbocycles. The van der Waals surface area contributed by atoms with Crippen LogP contribution in [0.4, 0.5) is 5.82 Å². The van der Waals surface area contributed by atoms with Gasteiger partial charge in [0.05, 0.1) is 17.1 Å². The molecule has 1 N–H and O–H groups in total. The standard InChI is InChI=1S/C21H27N5O3S/c1-15(27)25-11-10-19-18(14-25)21(22-2)24-20(23-19)16-8-12-26(13-9-16)30(28,29)17-6-4-3-5-7-17/h3-7,16H,8-14H2,1-2H3,(H,22,23,24). The lowest BCUT2D eigenvalue weighted by Crippen LogP contribution is -2.38. The van der Waals surface area contributed by atoms with Crippen LogP contribution >= 0.6 is 0 Å². The molecule has 0 bridgehead atoms. The van der Waals surface area contributed by atoms with Gasteiger partial charge in [0.2, 0.25) is 15.9 Å². The molecule has 30 heavy (non-hydrogen) atoms.